The molecule has 0 amide bonds. The zero-order chi connectivity index (χ0) is 12.6. The molecule has 0 spiro atoms. The summed E-state index contributed by atoms with van der Waals surface area (Å²) in [5, 5.41) is 3.13. The SMILES string of the molecule is COCC(C)NC(=NCC(C)N(C)C)NN. The lowest BCUT2D eigenvalue weighted by atomic mass is 10.3. The van der Waals surface area contributed by atoms with Crippen LogP contribution in [-0.2, 0) is 4.74 Å². The number of hydrazine groups is 1. The fourth-order valence-electron chi connectivity index (χ4n) is 1.04. The predicted octanol–water partition coefficient (Wildman–Crippen LogP) is -0.620. The van der Waals surface area contributed by atoms with Crippen LogP contribution in [0.1, 0.15) is 13.8 Å². The highest BCUT2D eigenvalue weighted by Gasteiger charge is 2.06. The van der Waals surface area contributed by atoms with Crippen molar-refractivity contribution in [2.45, 2.75) is 25.9 Å². The first-order chi connectivity index (χ1) is 7.51. The number of nitrogens with one attached hydrogen (secondary N) is 2. The first-order valence-electron chi connectivity index (χ1n) is 5.44. The van der Waals surface area contributed by atoms with Crippen molar-refractivity contribution >= 4 is 5.96 Å². The molecule has 0 aliphatic heterocycles. The number of hydrogen-bond donors (Lipinski definition) is 3. The van der Waals surface area contributed by atoms with Gasteiger partial charge in [0.05, 0.1) is 13.2 Å². The summed E-state index contributed by atoms with van der Waals surface area (Å²) in [7, 11) is 5.71. The normalized spacial score (nSPS) is 16.1. The Morgan fingerprint density at radius 1 is 1.44 bits per heavy atom. The molecule has 0 aliphatic carbocycles. The summed E-state index contributed by atoms with van der Waals surface area (Å²) in [4.78, 5) is 6.47. The van der Waals surface area contributed by atoms with Gasteiger partial charge in [-0.15, -0.1) is 0 Å². The maximum atomic E-state index is 5.38. The van der Waals surface area contributed by atoms with Gasteiger partial charge in [-0.05, 0) is 27.9 Å². The molecule has 0 aromatic rings. The molecule has 0 saturated carbocycles. The van der Waals surface area contributed by atoms with E-state index in [2.05, 4.69) is 27.6 Å². The molecule has 0 fully saturated rings. The fourth-order valence-corrected chi connectivity index (χ4v) is 1.04. The minimum absolute atomic E-state index is 0.175. The van der Waals surface area contributed by atoms with Gasteiger partial charge < -0.3 is 15.0 Å². The van der Waals surface area contributed by atoms with Crippen LogP contribution >= 0.6 is 0 Å². The van der Waals surface area contributed by atoms with Crippen LogP contribution in [0.2, 0.25) is 0 Å². The third-order valence-corrected chi connectivity index (χ3v) is 2.33. The van der Waals surface area contributed by atoms with Crippen molar-refractivity contribution in [3.8, 4) is 0 Å². The summed E-state index contributed by atoms with van der Waals surface area (Å²) in [6, 6.07) is 0.553. The predicted molar refractivity (Wildman–Crippen MR) is 67.2 cm³/mol. The first kappa shape index (κ1) is 15.2. The van der Waals surface area contributed by atoms with Gasteiger partial charge in [0.25, 0.3) is 0 Å². The van der Waals surface area contributed by atoms with Gasteiger partial charge in [-0.2, -0.15) is 0 Å². The number of rotatable bonds is 6. The van der Waals surface area contributed by atoms with Gasteiger partial charge in [-0.1, -0.05) is 0 Å². The Morgan fingerprint density at radius 2 is 2.06 bits per heavy atom. The number of likely N-dealkylation sites (N-methyl/N-ethyl adjacent to an activating group) is 1. The van der Waals surface area contributed by atoms with Crippen molar-refractivity contribution in [3.05, 3.63) is 0 Å². The average Bonchev–Trinajstić information content (AvgIpc) is 2.23. The standard InChI is InChI=1S/C10H25N5O/c1-8(7-16-5)13-10(14-11)12-6-9(2)15(3)4/h8-9H,6-7,11H2,1-5H3,(H2,12,13,14). The second kappa shape index (κ2) is 8.32. The topological polar surface area (TPSA) is 74.9 Å². The van der Waals surface area contributed by atoms with Crippen LogP contribution in [0, 0.1) is 0 Å². The Hall–Kier alpha value is -0.850. The van der Waals surface area contributed by atoms with E-state index in [4.69, 9.17) is 10.6 Å². The van der Waals surface area contributed by atoms with Gasteiger partial charge in [0.1, 0.15) is 0 Å². The van der Waals surface area contributed by atoms with E-state index in [-0.39, 0.29) is 6.04 Å². The third kappa shape index (κ3) is 6.60. The van der Waals surface area contributed by atoms with Gasteiger partial charge in [-0.3, -0.25) is 10.4 Å². The number of aliphatic imine (C=N–C) groups is 1. The van der Waals surface area contributed by atoms with Crippen molar-refractivity contribution in [3.63, 3.8) is 0 Å². The Kier molecular flexibility index (Phi) is 7.88. The van der Waals surface area contributed by atoms with E-state index in [9.17, 15) is 0 Å². The Balaban J connectivity index is 4.11. The highest BCUT2D eigenvalue weighted by Crippen LogP contribution is 1.92. The van der Waals surface area contributed by atoms with Gasteiger partial charge in [0.2, 0.25) is 5.96 Å². The number of guanidine groups is 1. The maximum absolute atomic E-state index is 5.38. The average molecular weight is 231 g/mol. The molecule has 0 bridgehead atoms. The highest BCUT2D eigenvalue weighted by atomic mass is 16.5. The van der Waals surface area contributed by atoms with Gasteiger partial charge in [0.15, 0.2) is 0 Å². The van der Waals surface area contributed by atoms with E-state index in [1.54, 1.807) is 7.11 Å². The Bertz CT molecular complexity index is 207. The van der Waals surface area contributed by atoms with E-state index < -0.39 is 0 Å². The molecule has 6 nitrogen and oxygen atoms in total. The second-order valence-corrected chi connectivity index (χ2v) is 4.15. The molecular weight excluding hydrogens is 206 g/mol. The molecule has 2 atom stereocenters. The lowest BCUT2D eigenvalue weighted by molar-refractivity contribution is 0.179. The number of nitrogens with zero attached hydrogens (tertiary/aromatic N) is 2. The number of ether oxygens (including phenoxy) is 1. The quantitative estimate of drug-likeness (QED) is 0.246. The van der Waals surface area contributed by atoms with E-state index in [0.29, 0.717) is 25.2 Å². The minimum atomic E-state index is 0.175. The van der Waals surface area contributed by atoms with E-state index in [0.717, 1.165) is 0 Å². The van der Waals surface area contributed by atoms with Crippen molar-refractivity contribution in [1.29, 1.82) is 0 Å². The minimum Gasteiger partial charge on any atom is -0.383 e. The third-order valence-electron chi connectivity index (χ3n) is 2.33. The summed E-state index contributed by atoms with van der Waals surface area (Å²) in [6.07, 6.45) is 0. The Morgan fingerprint density at radius 3 is 2.50 bits per heavy atom. The zero-order valence-corrected chi connectivity index (χ0v) is 10.9. The summed E-state index contributed by atoms with van der Waals surface area (Å²) in [6.45, 7) is 5.42. The molecule has 0 aromatic carbocycles. The fraction of sp³-hybridized carbons (Fsp3) is 0.900. The van der Waals surface area contributed by atoms with Crippen molar-refractivity contribution in [2.75, 3.05) is 34.4 Å². The monoisotopic (exact) mass is 231 g/mol. The lowest BCUT2D eigenvalue weighted by Crippen LogP contribution is -2.47. The number of nitrogens with two attached hydrogens (primary N) is 1. The summed E-state index contributed by atoms with van der Waals surface area (Å²) in [5.74, 6) is 5.98. The second-order valence-electron chi connectivity index (χ2n) is 4.15. The van der Waals surface area contributed by atoms with E-state index in [1.807, 2.05) is 21.0 Å². The molecular formula is C10H25N5O. The maximum Gasteiger partial charge on any atom is 0.206 e. The van der Waals surface area contributed by atoms with Crippen LogP contribution in [0.4, 0.5) is 0 Å². The summed E-state index contributed by atoms with van der Waals surface area (Å²) in [5.41, 5.74) is 2.55. The molecule has 0 aromatic heterocycles. The van der Waals surface area contributed by atoms with E-state index >= 15 is 0 Å². The first-order valence-corrected chi connectivity index (χ1v) is 5.44. The van der Waals surface area contributed by atoms with Crippen LogP contribution in [0.25, 0.3) is 0 Å². The van der Waals surface area contributed by atoms with Crippen LogP contribution < -0.4 is 16.6 Å². The summed E-state index contributed by atoms with van der Waals surface area (Å²) >= 11 is 0. The van der Waals surface area contributed by atoms with Crippen molar-refractivity contribution < 1.29 is 4.74 Å². The van der Waals surface area contributed by atoms with Crippen LogP contribution in [-0.4, -0.2) is 57.3 Å². The molecule has 0 rings (SSSR count). The largest absolute Gasteiger partial charge is 0.383 e. The van der Waals surface area contributed by atoms with Crippen molar-refractivity contribution in [1.82, 2.24) is 15.6 Å². The van der Waals surface area contributed by atoms with Gasteiger partial charge in [0, 0.05) is 19.2 Å². The van der Waals surface area contributed by atoms with Gasteiger partial charge in [-0.25, -0.2) is 5.84 Å². The van der Waals surface area contributed by atoms with Crippen LogP contribution in [0.15, 0.2) is 4.99 Å². The van der Waals surface area contributed by atoms with Gasteiger partial charge >= 0.3 is 0 Å². The van der Waals surface area contributed by atoms with Crippen LogP contribution in [0.3, 0.4) is 0 Å². The number of methoxy groups -OCH3 is 1. The van der Waals surface area contributed by atoms with Crippen molar-refractivity contribution in [2.24, 2.45) is 10.8 Å². The summed E-state index contributed by atoms with van der Waals surface area (Å²) < 4.78 is 5.02. The molecule has 2 unspecified atom stereocenters. The number of hydrogen-bond acceptors (Lipinski definition) is 4. The smallest absolute Gasteiger partial charge is 0.206 e. The molecule has 6 heteroatoms. The Labute approximate surface area is 98.2 Å². The zero-order valence-electron chi connectivity index (χ0n) is 10.9. The molecule has 0 aliphatic rings. The van der Waals surface area contributed by atoms with Crippen LogP contribution in [0.5, 0.6) is 0 Å². The molecule has 4 N–H and O–H groups in total. The van der Waals surface area contributed by atoms with E-state index in [1.165, 1.54) is 0 Å². The molecule has 96 valence electrons. The lowest BCUT2D eigenvalue weighted by Gasteiger charge is -2.19. The molecule has 0 radical (unpaired) electrons. The molecule has 0 saturated heterocycles. The highest BCUT2D eigenvalue weighted by molar-refractivity contribution is 5.79. The molecule has 0 heterocycles. The molecule has 16 heavy (non-hydrogen) atoms.